The summed E-state index contributed by atoms with van der Waals surface area (Å²) < 4.78 is 0. The number of allylic oxidation sites excluding steroid dienone is 1. The van der Waals surface area contributed by atoms with E-state index in [0.29, 0.717) is 11.9 Å². The fraction of sp³-hybridized carbons (Fsp3) is 0.294. The predicted molar refractivity (Wildman–Crippen MR) is 84.6 cm³/mol. The molecule has 0 saturated heterocycles. The van der Waals surface area contributed by atoms with E-state index < -0.39 is 0 Å². The third kappa shape index (κ3) is 4.45. The summed E-state index contributed by atoms with van der Waals surface area (Å²) in [6, 6.07) is 10.4. The molecule has 20 heavy (non-hydrogen) atoms. The maximum absolute atomic E-state index is 6.03. The highest BCUT2D eigenvalue weighted by Crippen LogP contribution is 2.08. The number of rotatable bonds is 5. The van der Waals surface area contributed by atoms with Gasteiger partial charge in [-0.25, -0.2) is 0 Å². The van der Waals surface area contributed by atoms with Crippen molar-refractivity contribution in [2.75, 3.05) is 0 Å². The molecule has 0 fully saturated rings. The molecule has 1 heterocycles. The van der Waals surface area contributed by atoms with Gasteiger partial charge in [-0.15, -0.1) is 5.73 Å². The summed E-state index contributed by atoms with van der Waals surface area (Å²) in [5.74, 6) is 0.613. The lowest BCUT2D eigenvalue weighted by molar-refractivity contribution is 0.555. The Morgan fingerprint density at radius 1 is 1.40 bits per heavy atom. The zero-order chi connectivity index (χ0) is 14.2. The molecule has 2 rings (SSSR count). The largest absolute Gasteiger partial charge is 0.384 e. The highest BCUT2D eigenvalue weighted by molar-refractivity contribution is 5.97. The molecule has 0 saturated carbocycles. The van der Waals surface area contributed by atoms with Crippen molar-refractivity contribution in [1.29, 1.82) is 0 Å². The zero-order valence-electron chi connectivity index (χ0n) is 11.8. The molecule has 3 nitrogen and oxygen atoms in total. The Balaban J connectivity index is 1.87. The van der Waals surface area contributed by atoms with E-state index in [9.17, 15) is 0 Å². The zero-order valence-corrected chi connectivity index (χ0v) is 11.8. The van der Waals surface area contributed by atoms with Crippen LogP contribution in [0, 0.1) is 0 Å². The van der Waals surface area contributed by atoms with Gasteiger partial charge in [0.1, 0.15) is 5.84 Å². The second kappa shape index (κ2) is 7.37. The van der Waals surface area contributed by atoms with Crippen LogP contribution in [0.5, 0.6) is 0 Å². The number of nitrogens with two attached hydrogens (primary N) is 1. The van der Waals surface area contributed by atoms with Crippen molar-refractivity contribution in [3.8, 4) is 0 Å². The summed E-state index contributed by atoms with van der Waals surface area (Å²) in [4.78, 5) is 4.56. The lowest BCUT2D eigenvalue weighted by Crippen LogP contribution is -2.23. The van der Waals surface area contributed by atoms with Crippen LogP contribution < -0.4 is 11.1 Å². The fourth-order valence-electron chi connectivity index (χ4n) is 2.08. The molecule has 1 aliphatic rings. The van der Waals surface area contributed by atoms with Crippen LogP contribution in [0.2, 0.25) is 0 Å². The Morgan fingerprint density at radius 2 is 2.20 bits per heavy atom. The Bertz CT molecular complexity index is 537. The second-order valence-electron chi connectivity index (χ2n) is 4.94. The molecule has 2 unspecified atom stereocenters. The quantitative estimate of drug-likeness (QED) is 0.489. The summed E-state index contributed by atoms with van der Waals surface area (Å²) in [6.07, 6.45) is 9.85. The topological polar surface area (TPSA) is 50.4 Å². The van der Waals surface area contributed by atoms with Gasteiger partial charge in [-0.2, -0.15) is 0 Å². The van der Waals surface area contributed by atoms with E-state index in [1.807, 2.05) is 48.7 Å². The highest BCUT2D eigenvalue weighted by atomic mass is 14.9. The van der Waals surface area contributed by atoms with Gasteiger partial charge in [-0.3, -0.25) is 4.99 Å². The van der Waals surface area contributed by atoms with E-state index in [0.717, 1.165) is 18.4 Å². The van der Waals surface area contributed by atoms with E-state index in [-0.39, 0.29) is 6.04 Å². The van der Waals surface area contributed by atoms with E-state index >= 15 is 0 Å². The fourth-order valence-corrected chi connectivity index (χ4v) is 2.08. The van der Waals surface area contributed by atoms with E-state index in [1.165, 1.54) is 0 Å². The van der Waals surface area contributed by atoms with Crippen LogP contribution in [0.3, 0.4) is 0 Å². The van der Waals surface area contributed by atoms with Gasteiger partial charge in [0, 0.05) is 11.6 Å². The number of hydrogen-bond donors (Lipinski definition) is 2. The third-order valence-corrected chi connectivity index (χ3v) is 3.22. The molecule has 0 aliphatic carbocycles. The molecular formula is C17H21N3. The Labute approximate surface area is 120 Å². The van der Waals surface area contributed by atoms with Gasteiger partial charge < -0.3 is 11.1 Å². The minimum absolute atomic E-state index is 0.210. The van der Waals surface area contributed by atoms with Crippen molar-refractivity contribution in [3.05, 3.63) is 66.1 Å². The molecule has 1 aromatic rings. The van der Waals surface area contributed by atoms with Gasteiger partial charge in [-0.05, 0) is 44.2 Å². The summed E-state index contributed by atoms with van der Waals surface area (Å²) in [5.41, 5.74) is 10.1. The van der Waals surface area contributed by atoms with Gasteiger partial charge in [0.15, 0.2) is 0 Å². The number of nitrogens with zero attached hydrogens (tertiary/aromatic N) is 1. The van der Waals surface area contributed by atoms with Crippen molar-refractivity contribution in [2.45, 2.75) is 31.8 Å². The van der Waals surface area contributed by atoms with Crippen molar-refractivity contribution >= 4 is 5.84 Å². The molecule has 2 atom stereocenters. The van der Waals surface area contributed by atoms with Crippen LogP contribution in [0.25, 0.3) is 0 Å². The van der Waals surface area contributed by atoms with Gasteiger partial charge >= 0.3 is 0 Å². The summed E-state index contributed by atoms with van der Waals surface area (Å²) in [6.45, 7) is 2.10. The molecule has 1 aliphatic heterocycles. The minimum Gasteiger partial charge on any atom is -0.384 e. The molecule has 0 spiro atoms. The molecule has 0 aromatic heterocycles. The van der Waals surface area contributed by atoms with Crippen molar-refractivity contribution in [2.24, 2.45) is 10.7 Å². The van der Waals surface area contributed by atoms with E-state index in [4.69, 9.17) is 5.73 Å². The van der Waals surface area contributed by atoms with Crippen molar-refractivity contribution in [3.63, 3.8) is 0 Å². The molecule has 0 bridgehead atoms. The van der Waals surface area contributed by atoms with Crippen LogP contribution in [0.4, 0.5) is 0 Å². The maximum Gasteiger partial charge on any atom is 0.125 e. The predicted octanol–water partition coefficient (Wildman–Crippen LogP) is 2.76. The lowest BCUT2D eigenvalue weighted by atomic mass is 10.1. The summed E-state index contributed by atoms with van der Waals surface area (Å²) >= 11 is 0. The third-order valence-electron chi connectivity index (χ3n) is 3.22. The first kappa shape index (κ1) is 14.2. The molecule has 3 N–H and O–H groups in total. The SMILES string of the molecule is CC(CCC1C=C=CC=CN1)N=C(N)c1ccccc1. The smallest absolute Gasteiger partial charge is 0.125 e. The second-order valence-corrected chi connectivity index (χ2v) is 4.94. The van der Waals surface area contributed by atoms with Gasteiger partial charge in [0.2, 0.25) is 0 Å². The van der Waals surface area contributed by atoms with Gasteiger partial charge in [0.25, 0.3) is 0 Å². The first-order valence-electron chi connectivity index (χ1n) is 6.98. The van der Waals surface area contributed by atoms with Crippen molar-refractivity contribution in [1.82, 2.24) is 5.32 Å². The summed E-state index contributed by atoms with van der Waals surface area (Å²) in [7, 11) is 0. The normalized spacial score (nSPS) is 19.4. The summed E-state index contributed by atoms with van der Waals surface area (Å²) in [5, 5.41) is 3.31. The molecule has 0 radical (unpaired) electrons. The molecule has 1 aromatic carbocycles. The highest BCUT2D eigenvalue weighted by Gasteiger charge is 2.07. The van der Waals surface area contributed by atoms with Crippen LogP contribution in [-0.4, -0.2) is 17.9 Å². The monoisotopic (exact) mass is 267 g/mol. The molecule has 104 valence electrons. The number of aliphatic imine (C=N–C) groups is 1. The number of amidine groups is 1. The first-order chi connectivity index (χ1) is 9.75. The minimum atomic E-state index is 0.210. The van der Waals surface area contributed by atoms with Crippen LogP contribution >= 0.6 is 0 Å². The Hall–Kier alpha value is -2.25. The molecule has 0 amide bonds. The average Bonchev–Trinajstić information content (AvgIpc) is 2.74. The molecule has 3 heteroatoms. The standard InChI is InChI=1S/C17H21N3/c1-14(11-12-16-10-6-3-7-13-19-16)20-17(18)15-8-4-2-5-9-15/h2-5,7-10,13-14,16,19H,11-12H2,1H3,(H2,18,20). The number of hydrogen-bond acceptors (Lipinski definition) is 2. The van der Waals surface area contributed by atoms with E-state index in [1.54, 1.807) is 0 Å². The van der Waals surface area contributed by atoms with Crippen LogP contribution in [0.1, 0.15) is 25.3 Å². The van der Waals surface area contributed by atoms with Gasteiger partial charge in [0.05, 0.1) is 6.04 Å². The van der Waals surface area contributed by atoms with Crippen molar-refractivity contribution < 1.29 is 0 Å². The number of benzene rings is 1. The average molecular weight is 267 g/mol. The van der Waals surface area contributed by atoms with E-state index in [2.05, 4.69) is 29.0 Å². The lowest BCUT2D eigenvalue weighted by Gasteiger charge is -2.14. The Kier molecular flexibility index (Phi) is 5.22. The Morgan fingerprint density at radius 3 is 3.00 bits per heavy atom. The maximum atomic E-state index is 6.03. The number of nitrogens with one attached hydrogen (secondary N) is 1. The van der Waals surface area contributed by atoms with Gasteiger partial charge in [-0.1, -0.05) is 30.3 Å². The molecular weight excluding hydrogens is 246 g/mol. The first-order valence-corrected chi connectivity index (χ1v) is 6.98. The van der Waals surface area contributed by atoms with Crippen LogP contribution in [0.15, 0.2) is 65.5 Å². The van der Waals surface area contributed by atoms with Crippen LogP contribution in [-0.2, 0) is 0 Å².